The molecular formula is C29H53N3. The van der Waals surface area contributed by atoms with E-state index in [9.17, 15) is 0 Å². The SMILES string of the molecule is C=CNC1CC1CCCCN(C)C(=C)N(Cc1ccc(C)cc1)C(C)CC.CC.CCC. The van der Waals surface area contributed by atoms with Gasteiger partial charge in [-0.3, -0.25) is 0 Å². The molecule has 1 fully saturated rings. The maximum atomic E-state index is 4.43. The molecule has 0 aromatic heterocycles. The average molecular weight is 444 g/mol. The number of rotatable bonds is 13. The summed E-state index contributed by atoms with van der Waals surface area (Å²) in [4.78, 5) is 4.79. The fourth-order valence-electron chi connectivity index (χ4n) is 3.64. The molecule has 1 aromatic carbocycles. The van der Waals surface area contributed by atoms with Crippen molar-refractivity contribution < 1.29 is 0 Å². The predicted octanol–water partition coefficient (Wildman–Crippen LogP) is 7.73. The maximum absolute atomic E-state index is 4.43. The monoisotopic (exact) mass is 443 g/mol. The summed E-state index contributed by atoms with van der Waals surface area (Å²) >= 11 is 0. The molecule has 0 spiro atoms. The van der Waals surface area contributed by atoms with Crippen molar-refractivity contribution in [3.8, 4) is 0 Å². The van der Waals surface area contributed by atoms with Gasteiger partial charge >= 0.3 is 0 Å². The highest BCUT2D eigenvalue weighted by Crippen LogP contribution is 2.35. The molecule has 1 aliphatic rings. The van der Waals surface area contributed by atoms with Crippen molar-refractivity contribution in [2.75, 3.05) is 13.6 Å². The van der Waals surface area contributed by atoms with Gasteiger partial charge in [0, 0.05) is 32.2 Å². The van der Waals surface area contributed by atoms with Crippen LogP contribution < -0.4 is 5.32 Å². The van der Waals surface area contributed by atoms with Crippen molar-refractivity contribution in [3.05, 3.63) is 60.6 Å². The molecule has 1 N–H and O–H groups in total. The largest absolute Gasteiger partial charge is 0.388 e. The van der Waals surface area contributed by atoms with E-state index >= 15 is 0 Å². The van der Waals surface area contributed by atoms with Gasteiger partial charge in [-0.25, -0.2) is 0 Å². The molecule has 1 aromatic rings. The molecule has 32 heavy (non-hydrogen) atoms. The first-order chi connectivity index (χ1) is 15.4. The van der Waals surface area contributed by atoms with Gasteiger partial charge in [0.2, 0.25) is 0 Å². The van der Waals surface area contributed by atoms with Gasteiger partial charge in [-0.05, 0) is 57.2 Å². The van der Waals surface area contributed by atoms with Crippen LogP contribution in [0.4, 0.5) is 0 Å². The first-order valence-electron chi connectivity index (χ1n) is 13.0. The normalized spacial score (nSPS) is 17.0. The van der Waals surface area contributed by atoms with Crippen molar-refractivity contribution in [2.24, 2.45) is 5.92 Å². The molecule has 3 atom stereocenters. The van der Waals surface area contributed by atoms with Gasteiger partial charge in [-0.1, -0.05) is 90.4 Å². The van der Waals surface area contributed by atoms with E-state index in [1.165, 1.54) is 43.2 Å². The van der Waals surface area contributed by atoms with Crippen molar-refractivity contribution >= 4 is 0 Å². The van der Waals surface area contributed by atoms with Gasteiger partial charge in [-0.2, -0.15) is 0 Å². The molecule has 3 nitrogen and oxygen atoms in total. The Balaban J connectivity index is 0.00000177. The molecule has 0 heterocycles. The lowest BCUT2D eigenvalue weighted by atomic mass is 10.1. The minimum absolute atomic E-state index is 0.485. The van der Waals surface area contributed by atoms with Crippen LogP contribution in [0.2, 0.25) is 0 Å². The van der Waals surface area contributed by atoms with Crippen LogP contribution in [-0.4, -0.2) is 35.5 Å². The lowest BCUT2D eigenvalue weighted by molar-refractivity contribution is 0.178. The van der Waals surface area contributed by atoms with E-state index < -0.39 is 0 Å². The van der Waals surface area contributed by atoms with Crippen LogP contribution in [0.15, 0.2) is 49.4 Å². The first-order valence-corrected chi connectivity index (χ1v) is 13.0. The summed E-state index contributed by atoms with van der Waals surface area (Å²) in [5.41, 5.74) is 2.66. The number of aryl methyl sites for hydroxylation is 1. The van der Waals surface area contributed by atoms with Crippen LogP contribution in [0.3, 0.4) is 0 Å². The molecule has 3 heteroatoms. The van der Waals surface area contributed by atoms with E-state index in [2.05, 4.69) is 94.2 Å². The van der Waals surface area contributed by atoms with Gasteiger partial charge in [0.1, 0.15) is 0 Å². The summed E-state index contributed by atoms with van der Waals surface area (Å²) in [5, 5.41) is 3.33. The molecule has 1 aliphatic carbocycles. The lowest BCUT2D eigenvalue weighted by Crippen LogP contribution is -2.38. The third-order valence-electron chi connectivity index (χ3n) is 5.94. The summed E-state index contributed by atoms with van der Waals surface area (Å²) in [6.07, 6.45) is 9.36. The van der Waals surface area contributed by atoms with Gasteiger partial charge in [0.05, 0.1) is 5.82 Å². The molecule has 0 radical (unpaired) electrons. The lowest BCUT2D eigenvalue weighted by Gasteiger charge is -2.37. The first kappa shape index (κ1) is 30.1. The Morgan fingerprint density at radius 3 is 2.28 bits per heavy atom. The Hall–Kier alpha value is -1.90. The summed E-state index contributed by atoms with van der Waals surface area (Å²) < 4.78 is 0. The molecule has 1 saturated carbocycles. The Morgan fingerprint density at radius 1 is 1.16 bits per heavy atom. The van der Waals surface area contributed by atoms with E-state index in [1.54, 1.807) is 0 Å². The zero-order valence-corrected chi connectivity index (χ0v) is 22.6. The quantitative estimate of drug-likeness (QED) is 0.315. The zero-order chi connectivity index (χ0) is 24.5. The highest BCUT2D eigenvalue weighted by Gasteiger charge is 2.35. The summed E-state index contributed by atoms with van der Waals surface area (Å²) in [6, 6.07) is 10.0. The third kappa shape index (κ3) is 11.6. The number of unbranched alkanes of at least 4 members (excludes halogenated alkanes) is 1. The number of nitrogens with one attached hydrogen (secondary N) is 1. The Bertz CT molecular complexity index is 607. The van der Waals surface area contributed by atoms with Crippen LogP contribution >= 0.6 is 0 Å². The Morgan fingerprint density at radius 2 is 1.75 bits per heavy atom. The number of nitrogens with zero attached hydrogens (tertiary/aromatic N) is 2. The second-order valence-electron chi connectivity index (χ2n) is 8.88. The minimum atomic E-state index is 0.485. The molecule has 0 bridgehead atoms. The van der Waals surface area contributed by atoms with Crippen molar-refractivity contribution in [2.45, 2.75) is 106 Å². The third-order valence-corrected chi connectivity index (χ3v) is 5.94. The Kier molecular flexibility index (Phi) is 16.6. The van der Waals surface area contributed by atoms with Crippen molar-refractivity contribution in [1.82, 2.24) is 15.1 Å². The number of benzene rings is 1. The van der Waals surface area contributed by atoms with Crippen molar-refractivity contribution in [3.63, 3.8) is 0 Å². The molecule has 184 valence electrons. The Labute approximate surface area is 201 Å². The smallest absolute Gasteiger partial charge is 0.0967 e. The second kappa shape index (κ2) is 17.6. The predicted molar refractivity (Wildman–Crippen MR) is 145 cm³/mol. The second-order valence-corrected chi connectivity index (χ2v) is 8.88. The van der Waals surface area contributed by atoms with E-state index in [4.69, 9.17) is 0 Å². The average Bonchev–Trinajstić information content (AvgIpc) is 3.55. The molecule has 3 unspecified atom stereocenters. The summed E-state index contributed by atoms with van der Waals surface area (Å²) in [6.45, 7) is 25.1. The van der Waals surface area contributed by atoms with Crippen molar-refractivity contribution in [1.29, 1.82) is 0 Å². The topological polar surface area (TPSA) is 18.5 Å². The summed E-state index contributed by atoms with van der Waals surface area (Å²) in [7, 11) is 2.19. The minimum Gasteiger partial charge on any atom is -0.388 e. The molecule has 2 rings (SSSR count). The maximum Gasteiger partial charge on any atom is 0.0967 e. The van der Waals surface area contributed by atoms with Gasteiger partial charge in [0.25, 0.3) is 0 Å². The fraction of sp³-hybridized carbons (Fsp3) is 0.655. The van der Waals surface area contributed by atoms with Gasteiger partial charge < -0.3 is 15.1 Å². The van der Waals surface area contributed by atoms with E-state index in [1.807, 2.05) is 20.0 Å². The number of hydrogen-bond acceptors (Lipinski definition) is 3. The van der Waals surface area contributed by atoms with Crippen LogP contribution in [0.1, 0.15) is 91.2 Å². The zero-order valence-electron chi connectivity index (χ0n) is 22.6. The number of hydrogen-bond donors (Lipinski definition) is 1. The highest BCUT2D eigenvalue weighted by molar-refractivity contribution is 5.22. The summed E-state index contributed by atoms with van der Waals surface area (Å²) in [5.74, 6) is 2.00. The fourth-order valence-corrected chi connectivity index (χ4v) is 3.64. The molecule has 0 saturated heterocycles. The van der Waals surface area contributed by atoms with Crippen LogP contribution in [0, 0.1) is 12.8 Å². The van der Waals surface area contributed by atoms with Gasteiger partial charge in [0.15, 0.2) is 0 Å². The van der Waals surface area contributed by atoms with Crippen LogP contribution in [0.25, 0.3) is 0 Å². The highest BCUT2D eigenvalue weighted by atomic mass is 15.3. The molecular weight excluding hydrogens is 390 g/mol. The van der Waals surface area contributed by atoms with Gasteiger partial charge in [-0.15, -0.1) is 0 Å². The van der Waals surface area contributed by atoms with E-state index in [-0.39, 0.29) is 0 Å². The van der Waals surface area contributed by atoms with Crippen LogP contribution in [0.5, 0.6) is 0 Å². The molecule has 0 aliphatic heterocycles. The van der Waals surface area contributed by atoms with E-state index in [0.29, 0.717) is 12.1 Å². The molecule has 0 amide bonds. The van der Waals surface area contributed by atoms with E-state index in [0.717, 1.165) is 31.2 Å². The van der Waals surface area contributed by atoms with Crippen LogP contribution in [-0.2, 0) is 6.54 Å². The standard InChI is InChI=1S/C24H39N3.C3H8.C2H6/c1-7-20(4)27(18-22-14-12-19(3)13-15-22)21(5)26(6)16-10-9-11-23-17-24(23)25-8-2;1-3-2;1-2/h8,12-15,20,23-25H,2,5,7,9-11,16-18H2,1,3-4,6H3;3H2,1-2H3;1-2H3.